The fourth-order valence-corrected chi connectivity index (χ4v) is 4.61. The van der Waals surface area contributed by atoms with E-state index in [1.807, 2.05) is 6.92 Å². The lowest BCUT2D eigenvalue weighted by Crippen LogP contribution is -2.57. The minimum Gasteiger partial charge on any atom is -0.379 e. The predicted octanol–water partition coefficient (Wildman–Crippen LogP) is 1.40. The van der Waals surface area contributed by atoms with Crippen LogP contribution in [0, 0.1) is 17.2 Å². The Balaban J connectivity index is 1.62. The Morgan fingerprint density at radius 3 is 2.60 bits per heavy atom. The summed E-state index contributed by atoms with van der Waals surface area (Å²) in [4.78, 5) is 33.2. The van der Waals surface area contributed by atoms with Gasteiger partial charge in [-0.05, 0) is 25.3 Å². The van der Waals surface area contributed by atoms with Gasteiger partial charge in [0.05, 0.1) is 32.4 Å². The van der Waals surface area contributed by atoms with E-state index in [1.54, 1.807) is 5.06 Å². The highest BCUT2D eigenvalue weighted by Gasteiger charge is 2.41. The number of carbonyl (C=O) groups excluding carboxylic acids is 2. The molecule has 3 rings (SSSR count). The highest BCUT2D eigenvalue weighted by atomic mass is 16.7. The molecule has 0 spiro atoms. The first-order chi connectivity index (χ1) is 14.5. The molecule has 1 saturated carbocycles. The average molecular weight is 422 g/mol. The summed E-state index contributed by atoms with van der Waals surface area (Å²) in [5.41, 5.74) is -0.895. The van der Waals surface area contributed by atoms with E-state index in [-0.39, 0.29) is 5.91 Å². The third-order valence-corrected chi connectivity index (χ3v) is 6.46. The first-order valence-corrected chi connectivity index (χ1v) is 11.3. The summed E-state index contributed by atoms with van der Waals surface area (Å²) >= 11 is 0. The van der Waals surface area contributed by atoms with E-state index in [9.17, 15) is 14.9 Å². The average Bonchev–Trinajstić information content (AvgIpc) is 3.18. The summed E-state index contributed by atoms with van der Waals surface area (Å²) in [5.74, 6) is 0.103. The van der Waals surface area contributed by atoms with Gasteiger partial charge >= 0.3 is 6.09 Å². The van der Waals surface area contributed by atoms with Gasteiger partial charge < -0.3 is 25.1 Å². The standard InChI is InChI=1S/C21H35N5O4/c1-2-25-9-8-21(15-22,16-25)24-19(27)18(14-17-6-4-3-5-7-17)23-20(28)30-26-10-12-29-13-11-26/h17-18H,2-14,16H2,1H3,(H,23,28)(H,24,27). The van der Waals surface area contributed by atoms with E-state index in [4.69, 9.17) is 9.57 Å². The smallest absolute Gasteiger partial charge is 0.379 e. The number of carbonyl (C=O) groups is 2. The largest absolute Gasteiger partial charge is 0.426 e. The third kappa shape index (κ3) is 6.30. The maximum atomic E-state index is 13.2. The number of ether oxygens (including phenoxy) is 1. The first kappa shape index (κ1) is 22.8. The van der Waals surface area contributed by atoms with E-state index >= 15 is 0 Å². The number of rotatable bonds is 7. The molecular formula is C21H35N5O4. The number of nitriles is 1. The lowest BCUT2D eigenvalue weighted by molar-refractivity contribution is -0.147. The van der Waals surface area contributed by atoms with Crippen molar-refractivity contribution in [1.82, 2.24) is 20.6 Å². The minimum atomic E-state index is -0.895. The molecule has 0 aromatic rings. The molecule has 3 fully saturated rings. The summed E-state index contributed by atoms with van der Waals surface area (Å²) in [6.07, 6.45) is 6.22. The van der Waals surface area contributed by atoms with Gasteiger partial charge in [-0.15, -0.1) is 5.06 Å². The summed E-state index contributed by atoms with van der Waals surface area (Å²) in [7, 11) is 0. The van der Waals surface area contributed by atoms with Crippen molar-refractivity contribution in [3.63, 3.8) is 0 Å². The SMILES string of the molecule is CCN1CCC(C#N)(NC(=O)C(CC2CCCCC2)NC(=O)ON2CCOCC2)C1. The second-order valence-electron chi connectivity index (χ2n) is 8.66. The molecule has 0 aromatic carbocycles. The van der Waals surface area contributed by atoms with Crippen LogP contribution in [0.3, 0.4) is 0 Å². The monoisotopic (exact) mass is 421 g/mol. The van der Waals surface area contributed by atoms with Crippen LogP contribution in [0.4, 0.5) is 4.79 Å². The van der Waals surface area contributed by atoms with E-state index in [0.29, 0.717) is 51.6 Å². The molecule has 9 heteroatoms. The van der Waals surface area contributed by atoms with E-state index in [0.717, 1.165) is 38.8 Å². The Morgan fingerprint density at radius 1 is 1.23 bits per heavy atom. The molecular weight excluding hydrogens is 386 g/mol. The number of amides is 2. The van der Waals surface area contributed by atoms with Gasteiger partial charge in [0.15, 0.2) is 0 Å². The van der Waals surface area contributed by atoms with Crippen molar-refractivity contribution in [3.8, 4) is 6.07 Å². The number of morpholine rings is 1. The van der Waals surface area contributed by atoms with Crippen LogP contribution in [0.2, 0.25) is 0 Å². The van der Waals surface area contributed by atoms with E-state index in [2.05, 4.69) is 21.6 Å². The molecule has 0 radical (unpaired) electrons. The molecule has 0 bridgehead atoms. The van der Waals surface area contributed by atoms with Crippen molar-refractivity contribution in [1.29, 1.82) is 5.26 Å². The normalized spacial score (nSPS) is 27.2. The number of likely N-dealkylation sites (N-methyl/N-ethyl adjacent to an activating group) is 1. The molecule has 9 nitrogen and oxygen atoms in total. The molecule has 3 aliphatic rings. The Labute approximate surface area is 179 Å². The molecule has 2 N–H and O–H groups in total. The number of nitrogens with one attached hydrogen (secondary N) is 2. The minimum absolute atomic E-state index is 0.293. The van der Waals surface area contributed by atoms with Crippen LogP contribution < -0.4 is 10.6 Å². The zero-order valence-electron chi connectivity index (χ0n) is 18.0. The third-order valence-electron chi connectivity index (χ3n) is 6.46. The van der Waals surface area contributed by atoms with Gasteiger partial charge in [0.2, 0.25) is 5.91 Å². The number of nitrogens with zero attached hydrogens (tertiary/aromatic N) is 3. The second-order valence-corrected chi connectivity index (χ2v) is 8.66. The molecule has 0 aromatic heterocycles. The van der Waals surface area contributed by atoms with Crippen molar-refractivity contribution in [2.24, 2.45) is 5.92 Å². The van der Waals surface area contributed by atoms with Crippen LogP contribution in [0.15, 0.2) is 0 Å². The number of likely N-dealkylation sites (tertiary alicyclic amines) is 1. The van der Waals surface area contributed by atoms with Crippen LogP contribution in [-0.2, 0) is 14.4 Å². The maximum Gasteiger partial charge on any atom is 0.426 e. The summed E-state index contributed by atoms with van der Waals surface area (Å²) < 4.78 is 5.26. The molecule has 2 aliphatic heterocycles. The Kier molecular flexibility index (Phi) is 8.31. The second kappa shape index (κ2) is 10.9. The van der Waals surface area contributed by atoms with Crippen LogP contribution in [0.25, 0.3) is 0 Å². The molecule has 2 atom stereocenters. The van der Waals surface area contributed by atoms with E-state index < -0.39 is 17.7 Å². The number of hydrogen-bond acceptors (Lipinski definition) is 7. The van der Waals surface area contributed by atoms with Gasteiger partial charge in [0.1, 0.15) is 11.6 Å². The van der Waals surface area contributed by atoms with Gasteiger partial charge in [0, 0.05) is 13.1 Å². The summed E-state index contributed by atoms with van der Waals surface area (Å²) in [5, 5.41) is 17.0. The van der Waals surface area contributed by atoms with Gasteiger partial charge in [-0.1, -0.05) is 39.0 Å². The molecule has 2 amide bonds. The van der Waals surface area contributed by atoms with Gasteiger partial charge in [0.25, 0.3) is 0 Å². The molecule has 168 valence electrons. The van der Waals surface area contributed by atoms with Crippen molar-refractivity contribution >= 4 is 12.0 Å². The Morgan fingerprint density at radius 2 is 1.97 bits per heavy atom. The lowest BCUT2D eigenvalue weighted by atomic mass is 9.84. The number of hydroxylamine groups is 2. The quantitative estimate of drug-likeness (QED) is 0.640. The Hall–Kier alpha value is -1.89. The predicted molar refractivity (Wildman–Crippen MR) is 110 cm³/mol. The molecule has 2 unspecified atom stereocenters. The van der Waals surface area contributed by atoms with Crippen molar-refractivity contribution in [3.05, 3.63) is 0 Å². The Bertz CT molecular complexity index is 627. The molecule has 2 heterocycles. The van der Waals surface area contributed by atoms with Crippen molar-refractivity contribution < 1.29 is 19.2 Å². The lowest BCUT2D eigenvalue weighted by Gasteiger charge is -2.30. The summed E-state index contributed by atoms with van der Waals surface area (Å²) in [6, 6.07) is 1.60. The first-order valence-electron chi connectivity index (χ1n) is 11.3. The fourth-order valence-electron chi connectivity index (χ4n) is 4.61. The van der Waals surface area contributed by atoms with Gasteiger partial charge in [-0.25, -0.2) is 4.79 Å². The molecule has 30 heavy (non-hydrogen) atoms. The highest BCUT2D eigenvalue weighted by Crippen LogP contribution is 2.28. The van der Waals surface area contributed by atoms with Crippen LogP contribution in [0.1, 0.15) is 51.9 Å². The van der Waals surface area contributed by atoms with Crippen molar-refractivity contribution in [2.45, 2.75) is 63.5 Å². The summed E-state index contributed by atoms with van der Waals surface area (Å²) in [6.45, 7) is 6.23. The zero-order valence-corrected chi connectivity index (χ0v) is 18.0. The van der Waals surface area contributed by atoms with Crippen LogP contribution in [-0.4, -0.2) is 79.5 Å². The highest BCUT2D eigenvalue weighted by molar-refractivity contribution is 5.86. The van der Waals surface area contributed by atoms with Crippen LogP contribution in [0.5, 0.6) is 0 Å². The maximum absolute atomic E-state index is 13.2. The van der Waals surface area contributed by atoms with Gasteiger partial charge in [-0.3, -0.25) is 4.79 Å². The zero-order chi connectivity index (χ0) is 21.4. The van der Waals surface area contributed by atoms with Gasteiger partial charge in [-0.2, -0.15) is 5.26 Å². The fraction of sp³-hybridized carbons (Fsp3) is 0.857. The van der Waals surface area contributed by atoms with Crippen molar-refractivity contribution in [2.75, 3.05) is 45.9 Å². The van der Waals surface area contributed by atoms with Crippen LogP contribution >= 0.6 is 0 Å². The van der Waals surface area contributed by atoms with E-state index in [1.165, 1.54) is 6.42 Å². The number of hydrogen-bond donors (Lipinski definition) is 2. The molecule has 2 saturated heterocycles. The molecule has 1 aliphatic carbocycles. The topological polar surface area (TPSA) is 107 Å².